The maximum Gasteiger partial charge on any atom is 0.229 e. The normalized spacial score (nSPS) is 15.2. The summed E-state index contributed by atoms with van der Waals surface area (Å²) in [7, 11) is 0. The highest BCUT2D eigenvalue weighted by Crippen LogP contribution is 2.24. The van der Waals surface area contributed by atoms with Crippen molar-refractivity contribution >= 4 is 28.2 Å². The number of carbonyl (C=O) groups is 1. The fraction of sp³-hybridized carbons (Fsp3) is 0.375. The van der Waals surface area contributed by atoms with Crippen LogP contribution in [0.4, 0.5) is 10.9 Å². The SMILES string of the molecule is Cc1cnc(NC(=O)C2CCN(c3ccc(C#N)cn3)CC2)s1. The van der Waals surface area contributed by atoms with Crippen molar-refractivity contribution in [1.82, 2.24) is 9.97 Å². The van der Waals surface area contributed by atoms with Crippen LogP contribution in [0.5, 0.6) is 0 Å². The molecule has 0 unspecified atom stereocenters. The topological polar surface area (TPSA) is 81.9 Å². The number of nitrogens with one attached hydrogen (secondary N) is 1. The van der Waals surface area contributed by atoms with Gasteiger partial charge in [0.1, 0.15) is 11.9 Å². The lowest BCUT2D eigenvalue weighted by Crippen LogP contribution is -2.38. The molecule has 0 aromatic carbocycles. The highest BCUT2D eigenvalue weighted by Gasteiger charge is 2.26. The van der Waals surface area contributed by atoms with Gasteiger partial charge in [0.2, 0.25) is 5.91 Å². The molecule has 7 heteroatoms. The van der Waals surface area contributed by atoms with E-state index in [1.54, 1.807) is 18.5 Å². The Bertz CT molecular complexity index is 726. The molecule has 0 radical (unpaired) electrons. The molecule has 1 aliphatic rings. The van der Waals surface area contributed by atoms with E-state index in [1.807, 2.05) is 13.0 Å². The fourth-order valence-electron chi connectivity index (χ4n) is 2.63. The van der Waals surface area contributed by atoms with Gasteiger partial charge in [-0.15, -0.1) is 11.3 Å². The number of anilines is 2. The zero-order chi connectivity index (χ0) is 16.2. The Labute approximate surface area is 138 Å². The Morgan fingerprint density at radius 2 is 2.13 bits per heavy atom. The van der Waals surface area contributed by atoms with Gasteiger partial charge in [-0.05, 0) is 31.9 Å². The summed E-state index contributed by atoms with van der Waals surface area (Å²) in [6.07, 6.45) is 4.92. The molecule has 1 saturated heterocycles. The third kappa shape index (κ3) is 3.66. The van der Waals surface area contributed by atoms with E-state index in [9.17, 15) is 4.79 Å². The smallest absolute Gasteiger partial charge is 0.229 e. The van der Waals surface area contributed by atoms with Crippen molar-refractivity contribution in [1.29, 1.82) is 5.26 Å². The Morgan fingerprint density at radius 3 is 2.70 bits per heavy atom. The molecule has 1 aliphatic heterocycles. The van der Waals surface area contributed by atoms with Crippen molar-refractivity contribution in [3.05, 3.63) is 35.0 Å². The van der Waals surface area contributed by atoms with Crippen molar-refractivity contribution in [2.75, 3.05) is 23.3 Å². The summed E-state index contributed by atoms with van der Waals surface area (Å²) in [4.78, 5) is 24.0. The molecule has 118 valence electrons. The standard InChI is InChI=1S/C16H17N5OS/c1-11-9-19-16(23-11)20-15(22)13-4-6-21(7-5-13)14-3-2-12(8-17)10-18-14/h2-3,9-10,13H,4-7H2,1H3,(H,19,20,22). The summed E-state index contributed by atoms with van der Waals surface area (Å²) in [5, 5.41) is 12.4. The van der Waals surface area contributed by atoms with Gasteiger partial charge in [-0.3, -0.25) is 4.79 Å². The summed E-state index contributed by atoms with van der Waals surface area (Å²) in [6, 6.07) is 5.69. The molecule has 0 aliphatic carbocycles. The average Bonchev–Trinajstić information content (AvgIpc) is 3.00. The van der Waals surface area contributed by atoms with Gasteiger partial charge in [-0.2, -0.15) is 5.26 Å². The number of pyridine rings is 1. The number of thiazole rings is 1. The lowest BCUT2D eigenvalue weighted by molar-refractivity contribution is -0.120. The number of carbonyl (C=O) groups excluding carboxylic acids is 1. The summed E-state index contributed by atoms with van der Waals surface area (Å²) < 4.78 is 0. The summed E-state index contributed by atoms with van der Waals surface area (Å²) in [5.41, 5.74) is 0.557. The molecule has 2 aromatic rings. The number of aryl methyl sites for hydroxylation is 1. The molecule has 0 atom stereocenters. The molecule has 2 aromatic heterocycles. The Morgan fingerprint density at radius 1 is 1.35 bits per heavy atom. The molecule has 1 fully saturated rings. The maximum absolute atomic E-state index is 12.3. The van der Waals surface area contributed by atoms with Crippen LogP contribution in [0.1, 0.15) is 23.3 Å². The monoisotopic (exact) mass is 327 g/mol. The van der Waals surface area contributed by atoms with Crippen LogP contribution in [0, 0.1) is 24.2 Å². The average molecular weight is 327 g/mol. The fourth-order valence-corrected chi connectivity index (χ4v) is 3.30. The van der Waals surface area contributed by atoms with Gasteiger partial charge >= 0.3 is 0 Å². The predicted molar refractivity (Wildman–Crippen MR) is 89.4 cm³/mol. The zero-order valence-electron chi connectivity index (χ0n) is 12.8. The molecule has 0 bridgehead atoms. The van der Waals surface area contributed by atoms with Crippen LogP contribution in [-0.2, 0) is 4.79 Å². The van der Waals surface area contributed by atoms with Gasteiger partial charge in [-0.1, -0.05) is 0 Å². The number of aromatic nitrogens is 2. The molecule has 23 heavy (non-hydrogen) atoms. The van der Waals surface area contributed by atoms with Crippen LogP contribution in [-0.4, -0.2) is 29.0 Å². The van der Waals surface area contributed by atoms with E-state index >= 15 is 0 Å². The van der Waals surface area contributed by atoms with Crippen molar-refractivity contribution in [2.24, 2.45) is 5.92 Å². The number of nitriles is 1. The van der Waals surface area contributed by atoms with Crippen molar-refractivity contribution in [2.45, 2.75) is 19.8 Å². The maximum atomic E-state index is 12.3. The van der Waals surface area contributed by atoms with Crippen LogP contribution >= 0.6 is 11.3 Å². The van der Waals surface area contributed by atoms with Crippen LogP contribution < -0.4 is 10.2 Å². The van der Waals surface area contributed by atoms with Crippen LogP contribution in [0.25, 0.3) is 0 Å². The highest BCUT2D eigenvalue weighted by atomic mass is 32.1. The first-order valence-electron chi connectivity index (χ1n) is 7.50. The second kappa shape index (κ2) is 6.75. The number of piperidine rings is 1. The molecule has 3 heterocycles. The summed E-state index contributed by atoms with van der Waals surface area (Å²) in [5.74, 6) is 0.916. The first-order valence-corrected chi connectivity index (χ1v) is 8.32. The molecule has 1 amide bonds. The van der Waals surface area contributed by atoms with Gasteiger partial charge < -0.3 is 10.2 Å². The van der Waals surface area contributed by atoms with E-state index in [2.05, 4.69) is 26.3 Å². The lowest BCUT2D eigenvalue weighted by Gasteiger charge is -2.31. The first kappa shape index (κ1) is 15.4. The molecule has 3 rings (SSSR count). The minimum atomic E-state index is 0.00818. The lowest BCUT2D eigenvalue weighted by atomic mass is 9.96. The Kier molecular flexibility index (Phi) is 4.53. The van der Waals surface area contributed by atoms with E-state index in [1.165, 1.54) is 11.3 Å². The van der Waals surface area contributed by atoms with Gasteiger partial charge in [0, 0.05) is 36.3 Å². The van der Waals surface area contributed by atoms with Crippen LogP contribution in [0.3, 0.4) is 0 Å². The minimum Gasteiger partial charge on any atom is -0.357 e. The first-order chi connectivity index (χ1) is 11.2. The van der Waals surface area contributed by atoms with Crippen molar-refractivity contribution in [3.63, 3.8) is 0 Å². The quantitative estimate of drug-likeness (QED) is 0.937. The van der Waals surface area contributed by atoms with Crippen molar-refractivity contribution < 1.29 is 4.79 Å². The third-order valence-electron chi connectivity index (χ3n) is 3.92. The van der Waals surface area contributed by atoms with Crippen molar-refractivity contribution in [3.8, 4) is 6.07 Å². The van der Waals surface area contributed by atoms with Crippen LogP contribution in [0.2, 0.25) is 0 Å². The molecular formula is C16H17N5OS. The van der Waals surface area contributed by atoms with Gasteiger partial charge in [0.15, 0.2) is 5.13 Å². The molecule has 0 spiro atoms. The largest absolute Gasteiger partial charge is 0.357 e. The predicted octanol–water partition coefficient (Wildman–Crippen LogP) is 2.57. The molecular weight excluding hydrogens is 310 g/mol. The van der Waals surface area contributed by atoms with E-state index in [0.29, 0.717) is 10.7 Å². The van der Waals surface area contributed by atoms with Gasteiger partial charge in [-0.25, -0.2) is 9.97 Å². The molecule has 0 saturated carbocycles. The number of hydrogen-bond acceptors (Lipinski definition) is 6. The van der Waals surface area contributed by atoms with E-state index in [4.69, 9.17) is 5.26 Å². The van der Waals surface area contributed by atoms with E-state index < -0.39 is 0 Å². The number of amides is 1. The Hall–Kier alpha value is -2.46. The summed E-state index contributed by atoms with van der Waals surface area (Å²) >= 11 is 1.49. The number of nitrogens with zero attached hydrogens (tertiary/aromatic N) is 4. The Balaban J connectivity index is 1.55. The molecule has 1 N–H and O–H groups in total. The summed E-state index contributed by atoms with van der Waals surface area (Å²) in [6.45, 7) is 3.54. The number of rotatable bonds is 3. The van der Waals surface area contributed by atoms with E-state index in [0.717, 1.165) is 36.6 Å². The number of hydrogen-bond donors (Lipinski definition) is 1. The highest BCUT2D eigenvalue weighted by molar-refractivity contribution is 7.15. The van der Waals surface area contributed by atoms with Gasteiger partial charge in [0.05, 0.1) is 5.56 Å². The third-order valence-corrected chi connectivity index (χ3v) is 4.75. The van der Waals surface area contributed by atoms with Crippen LogP contribution in [0.15, 0.2) is 24.5 Å². The zero-order valence-corrected chi connectivity index (χ0v) is 13.6. The van der Waals surface area contributed by atoms with E-state index in [-0.39, 0.29) is 11.8 Å². The molecule has 6 nitrogen and oxygen atoms in total. The second-order valence-corrected chi connectivity index (χ2v) is 6.78. The van der Waals surface area contributed by atoms with Gasteiger partial charge in [0.25, 0.3) is 0 Å². The second-order valence-electron chi connectivity index (χ2n) is 5.54. The minimum absolute atomic E-state index is 0.00818.